The van der Waals surface area contributed by atoms with Crippen LogP contribution in [0.15, 0.2) is 22.7 Å². The van der Waals surface area contributed by atoms with Gasteiger partial charge >= 0.3 is 5.97 Å². The summed E-state index contributed by atoms with van der Waals surface area (Å²) in [6.45, 7) is 15.7. The third-order valence-corrected chi connectivity index (χ3v) is 4.97. The van der Waals surface area contributed by atoms with E-state index in [1.54, 1.807) is 0 Å². The molecule has 4 nitrogen and oxygen atoms in total. The van der Waals surface area contributed by atoms with Crippen molar-refractivity contribution in [1.82, 2.24) is 4.98 Å². The largest absolute Gasteiger partial charge is 0.462 e. The minimum Gasteiger partial charge on any atom is -0.462 e. The number of halogens is 1. The van der Waals surface area contributed by atoms with Crippen LogP contribution < -0.4 is 0 Å². The average molecular weight is 436 g/mol. The van der Waals surface area contributed by atoms with Crippen LogP contribution in [0.3, 0.4) is 0 Å². The summed E-state index contributed by atoms with van der Waals surface area (Å²) in [6.07, 6.45) is -0.378. The normalized spacial score (nSPS) is 13.7. The van der Waals surface area contributed by atoms with E-state index in [1.165, 1.54) is 0 Å². The maximum atomic E-state index is 12.3. The minimum absolute atomic E-state index is 0.164. The molecule has 2 aromatic rings. The Bertz CT molecular complexity index is 847. The lowest BCUT2D eigenvalue weighted by atomic mass is 9.97. The Morgan fingerprint density at radius 2 is 1.78 bits per heavy atom. The highest BCUT2D eigenvalue weighted by Gasteiger charge is 2.29. The van der Waals surface area contributed by atoms with Crippen LogP contribution in [-0.4, -0.2) is 23.2 Å². The Morgan fingerprint density at radius 1 is 1.15 bits per heavy atom. The summed E-state index contributed by atoms with van der Waals surface area (Å²) in [6, 6.07) is 6.11. The lowest BCUT2D eigenvalue weighted by Crippen LogP contribution is -2.30. The second-order valence-electron chi connectivity index (χ2n) is 9.01. The van der Waals surface area contributed by atoms with Gasteiger partial charge in [-0.1, -0.05) is 0 Å². The highest BCUT2D eigenvalue weighted by Crippen LogP contribution is 2.37. The Balaban J connectivity index is 2.48. The quantitative estimate of drug-likeness (QED) is 0.547. The monoisotopic (exact) mass is 435 g/mol. The van der Waals surface area contributed by atoms with Gasteiger partial charge in [0.15, 0.2) is 0 Å². The molecule has 5 heteroatoms. The van der Waals surface area contributed by atoms with Crippen LogP contribution in [0, 0.1) is 19.3 Å². The number of aromatic nitrogens is 1. The van der Waals surface area contributed by atoms with Crippen molar-refractivity contribution in [1.29, 1.82) is 0 Å². The molecule has 0 radical (unpaired) electrons. The molecule has 0 fully saturated rings. The number of aryl methyl sites for hydroxylation is 2. The van der Waals surface area contributed by atoms with E-state index in [-0.39, 0.29) is 24.3 Å². The molecule has 0 spiro atoms. The van der Waals surface area contributed by atoms with Crippen LogP contribution in [0.5, 0.6) is 0 Å². The lowest BCUT2D eigenvalue weighted by Gasteiger charge is -2.30. The molecule has 0 amide bonds. The van der Waals surface area contributed by atoms with E-state index >= 15 is 0 Å². The fourth-order valence-electron chi connectivity index (χ4n) is 2.84. The van der Waals surface area contributed by atoms with Crippen LogP contribution >= 0.6 is 15.9 Å². The fraction of sp³-hybridized carbons (Fsp3) is 0.545. The molecule has 0 aliphatic carbocycles. The predicted octanol–water partition coefficient (Wildman–Crippen LogP) is 6.06. The van der Waals surface area contributed by atoms with Crippen LogP contribution in [0.25, 0.3) is 10.9 Å². The molecule has 1 heterocycles. The molecule has 0 saturated heterocycles. The van der Waals surface area contributed by atoms with Gasteiger partial charge in [0, 0.05) is 21.1 Å². The van der Waals surface area contributed by atoms with Gasteiger partial charge in [-0.05, 0) is 95.1 Å². The van der Waals surface area contributed by atoms with E-state index in [4.69, 9.17) is 9.47 Å². The first-order valence-corrected chi connectivity index (χ1v) is 10.0. The molecule has 0 saturated carbocycles. The number of rotatable bonds is 4. The molecular formula is C22H30BrNO3. The van der Waals surface area contributed by atoms with Crippen molar-refractivity contribution in [2.75, 3.05) is 6.61 Å². The third-order valence-electron chi connectivity index (χ3n) is 4.11. The Labute approximate surface area is 170 Å². The summed E-state index contributed by atoms with van der Waals surface area (Å²) in [7, 11) is 0. The van der Waals surface area contributed by atoms with Gasteiger partial charge in [0.05, 0.1) is 16.5 Å². The number of fused-ring (bicyclic) bond motifs is 1. The van der Waals surface area contributed by atoms with Crippen molar-refractivity contribution in [3.63, 3.8) is 0 Å². The number of benzene rings is 1. The van der Waals surface area contributed by atoms with Crippen LogP contribution in [0.1, 0.15) is 64.5 Å². The highest BCUT2D eigenvalue weighted by atomic mass is 79.9. The van der Waals surface area contributed by atoms with Gasteiger partial charge in [-0.15, -0.1) is 0 Å². The SMILES string of the molecule is Cc1ccc2c(Br)c([C@H](COC(=O)C(C)(C)C)OC(C)(C)C)c(C)cc2n1. The van der Waals surface area contributed by atoms with Gasteiger partial charge in [-0.3, -0.25) is 9.78 Å². The maximum Gasteiger partial charge on any atom is 0.311 e. The summed E-state index contributed by atoms with van der Waals surface area (Å²) >= 11 is 3.75. The Hall–Kier alpha value is -1.46. The third kappa shape index (κ3) is 5.52. The molecule has 2 rings (SSSR count). The van der Waals surface area contributed by atoms with E-state index < -0.39 is 5.41 Å². The van der Waals surface area contributed by atoms with Crippen molar-refractivity contribution in [2.24, 2.45) is 5.41 Å². The Morgan fingerprint density at radius 3 is 2.33 bits per heavy atom. The lowest BCUT2D eigenvalue weighted by molar-refractivity contribution is -0.162. The zero-order valence-corrected chi connectivity index (χ0v) is 19.2. The molecule has 1 aromatic carbocycles. The number of carbonyl (C=O) groups is 1. The average Bonchev–Trinajstić information content (AvgIpc) is 2.49. The van der Waals surface area contributed by atoms with E-state index in [0.717, 1.165) is 32.2 Å². The standard InChI is InChI=1S/C22H30BrNO3/c1-13-11-16-15(10-9-14(2)24-16)19(23)18(13)17(27-22(6,7)8)12-26-20(25)21(3,4)5/h9-11,17H,12H2,1-8H3/t17-/m0/s1. The second-order valence-corrected chi connectivity index (χ2v) is 9.80. The van der Waals surface area contributed by atoms with Crippen molar-refractivity contribution < 1.29 is 14.3 Å². The molecule has 148 valence electrons. The van der Waals surface area contributed by atoms with Gasteiger partial charge in [-0.2, -0.15) is 0 Å². The number of hydrogen-bond donors (Lipinski definition) is 0. The number of hydrogen-bond acceptors (Lipinski definition) is 4. The van der Waals surface area contributed by atoms with Crippen molar-refractivity contribution in [2.45, 2.75) is 67.1 Å². The second kappa shape index (κ2) is 7.88. The summed E-state index contributed by atoms with van der Waals surface area (Å²) in [5, 5.41) is 1.02. The van der Waals surface area contributed by atoms with E-state index in [1.807, 2.05) is 61.5 Å². The summed E-state index contributed by atoms with van der Waals surface area (Å²) < 4.78 is 12.8. The van der Waals surface area contributed by atoms with E-state index in [2.05, 4.69) is 33.0 Å². The number of esters is 1. The minimum atomic E-state index is -0.552. The van der Waals surface area contributed by atoms with Crippen molar-refractivity contribution >= 4 is 32.8 Å². The van der Waals surface area contributed by atoms with Crippen LogP contribution in [0.2, 0.25) is 0 Å². The molecule has 0 unspecified atom stereocenters. The number of nitrogens with zero attached hydrogens (tertiary/aromatic N) is 1. The maximum absolute atomic E-state index is 12.3. The molecule has 1 aromatic heterocycles. The van der Waals surface area contributed by atoms with Crippen LogP contribution in [0.4, 0.5) is 0 Å². The topological polar surface area (TPSA) is 48.4 Å². The van der Waals surface area contributed by atoms with Crippen LogP contribution in [-0.2, 0) is 14.3 Å². The molecule has 0 aliphatic rings. The molecule has 27 heavy (non-hydrogen) atoms. The highest BCUT2D eigenvalue weighted by molar-refractivity contribution is 9.10. The van der Waals surface area contributed by atoms with Gasteiger partial charge < -0.3 is 9.47 Å². The van der Waals surface area contributed by atoms with Crippen molar-refractivity contribution in [3.05, 3.63) is 39.5 Å². The first-order valence-electron chi connectivity index (χ1n) is 9.21. The smallest absolute Gasteiger partial charge is 0.311 e. The van der Waals surface area contributed by atoms with Gasteiger partial charge in [0.2, 0.25) is 0 Å². The number of pyridine rings is 1. The number of ether oxygens (including phenoxy) is 2. The first-order chi connectivity index (χ1) is 12.3. The van der Waals surface area contributed by atoms with Crippen molar-refractivity contribution in [3.8, 4) is 0 Å². The number of carbonyl (C=O) groups excluding carboxylic acids is 1. The van der Waals surface area contributed by atoms with Gasteiger partial charge in [0.25, 0.3) is 0 Å². The summed E-state index contributed by atoms with van der Waals surface area (Å²) in [4.78, 5) is 16.9. The zero-order chi connectivity index (χ0) is 20.6. The predicted molar refractivity (Wildman–Crippen MR) is 113 cm³/mol. The van der Waals surface area contributed by atoms with E-state index in [0.29, 0.717) is 0 Å². The summed E-state index contributed by atoms with van der Waals surface area (Å²) in [5.74, 6) is -0.239. The summed E-state index contributed by atoms with van der Waals surface area (Å²) in [5.41, 5.74) is 3.01. The van der Waals surface area contributed by atoms with E-state index in [9.17, 15) is 4.79 Å². The molecular weight excluding hydrogens is 406 g/mol. The fourth-order valence-corrected chi connectivity index (χ4v) is 3.74. The Kier molecular flexibility index (Phi) is 6.37. The first kappa shape index (κ1) is 21.8. The van der Waals surface area contributed by atoms with Gasteiger partial charge in [0.1, 0.15) is 12.7 Å². The zero-order valence-electron chi connectivity index (χ0n) is 17.6. The molecule has 0 aliphatic heterocycles. The molecule has 0 N–H and O–H groups in total. The van der Waals surface area contributed by atoms with Gasteiger partial charge in [-0.25, -0.2) is 0 Å². The molecule has 0 bridgehead atoms. The molecule has 1 atom stereocenters.